The maximum atomic E-state index is 8.83. The van der Waals surface area contributed by atoms with Gasteiger partial charge in [0.25, 0.3) is 0 Å². The number of unbranched alkanes of at least 4 members (excludes halogenated alkanes) is 3. The number of nitrogens with zero attached hydrogens (tertiary/aromatic N) is 1. The van der Waals surface area contributed by atoms with Crippen LogP contribution in [-0.4, -0.2) is 18.3 Å². The summed E-state index contributed by atoms with van der Waals surface area (Å²) in [7, 11) is 0. The normalized spacial score (nSPS) is 9.88. The molecular weight excluding hydrogens is 214 g/mol. The van der Waals surface area contributed by atoms with Crippen molar-refractivity contribution in [1.82, 2.24) is 0 Å². The minimum absolute atomic E-state index is 0.268. The third-order valence-corrected chi connectivity index (χ3v) is 2.63. The molecule has 0 spiro atoms. The van der Waals surface area contributed by atoms with Crippen LogP contribution in [0.5, 0.6) is 0 Å². The molecule has 92 valence electrons. The zero-order chi connectivity index (χ0) is 12.5. The molecule has 0 saturated carbocycles. The molecular formula is C13H19N3O. The van der Waals surface area contributed by atoms with Gasteiger partial charge in [0.1, 0.15) is 6.07 Å². The van der Waals surface area contributed by atoms with Crippen LogP contribution in [0, 0.1) is 11.3 Å². The van der Waals surface area contributed by atoms with E-state index in [9.17, 15) is 0 Å². The number of nitrogen functional groups attached to an aromatic ring is 1. The van der Waals surface area contributed by atoms with E-state index in [2.05, 4.69) is 11.4 Å². The van der Waals surface area contributed by atoms with Crippen molar-refractivity contribution < 1.29 is 5.11 Å². The van der Waals surface area contributed by atoms with Gasteiger partial charge in [-0.25, -0.2) is 0 Å². The molecule has 4 heteroatoms. The van der Waals surface area contributed by atoms with Crippen molar-refractivity contribution in [3.8, 4) is 6.07 Å². The molecule has 1 rings (SSSR count). The van der Waals surface area contributed by atoms with Crippen LogP contribution < -0.4 is 11.1 Å². The lowest BCUT2D eigenvalue weighted by atomic mass is 10.1. The van der Waals surface area contributed by atoms with Gasteiger partial charge < -0.3 is 16.2 Å². The Morgan fingerprint density at radius 2 is 2.00 bits per heavy atom. The predicted molar refractivity (Wildman–Crippen MR) is 69.6 cm³/mol. The molecule has 0 aliphatic carbocycles. The molecule has 0 amide bonds. The molecule has 0 bridgehead atoms. The van der Waals surface area contributed by atoms with E-state index in [0.717, 1.165) is 37.9 Å². The predicted octanol–water partition coefficient (Wildman–Crippen LogP) is 2.11. The summed E-state index contributed by atoms with van der Waals surface area (Å²) < 4.78 is 0. The Bertz CT molecular complexity index is 385. The summed E-state index contributed by atoms with van der Waals surface area (Å²) in [4.78, 5) is 0. The molecule has 0 aliphatic heterocycles. The second-order valence-corrected chi connectivity index (χ2v) is 3.94. The first-order chi connectivity index (χ1) is 8.29. The van der Waals surface area contributed by atoms with Crippen LogP contribution in [0.2, 0.25) is 0 Å². The topological polar surface area (TPSA) is 82.1 Å². The van der Waals surface area contributed by atoms with Crippen LogP contribution in [0.4, 0.5) is 11.4 Å². The first-order valence-corrected chi connectivity index (χ1v) is 5.93. The van der Waals surface area contributed by atoms with Gasteiger partial charge in [0.2, 0.25) is 0 Å². The number of para-hydroxylation sites is 1. The second-order valence-electron chi connectivity index (χ2n) is 3.94. The zero-order valence-corrected chi connectivity index (χ0v) is 9.95. The van der Waals surface area contributed by atoms with Crippen LogP contribution in [0.25, 0.3) is 0 Å². The molecule has 4 nitrogen and oxygen atoms in total. The molecule has 0 aliphatic rings. The number of hydrogen-bond donors (Lipinski definition) is 3. The van der Waals surface area contributed by atoms with Crippen molar-refractivity contribution >= 4 is 11.4 Å². The fourth-order valence-electron chi connectivity index (χ4n) is 1.63. The van der Waals surface area contributed by atoms with Crippen LogP contribution in [-0.2, 0) is 0 Å². The highest BCUT2D eigenvalue weighted by molar-refractivity contribution is 5.72. The maximum absolute atomic E-state index is 8.83. The molecule has 0 saturated heterocycles. The lowest BCUT2D eigenvalue weighted by molar-refractivity contribution is 0.283. The third kappa shape index (κ3) is 4.33. The van der Waals surface area contributed by atoms with E-state index in [1.165, 1.54) is 0 Å². The van der Waals surface area contributed by atoms with Gasteiger partial charge in [0.05, 0.1) is 16.9 Å². The van der Waals surface area contributed by atoms with E-state index >= 15 is 0 Å². The van der Waals surface area contributed by atoms with Crippen molar-refractivity contribution in [2.45, 2.75) is 25.7 Å². The molecule has 0 radical (unpaired) electrons. The van der Waals surface area contributed by atoms with Crippen molar-refractivity contribution in [1.29, 1.82) is 5.26 Å². The quantitative estimate of drug-likeness (QED) is 0.497. The number of nitriles is 1. The van der Waals surface area contributed by atoms with Crippen LogP contribution in [0.15, 0.2) is 18.2 Å². The Morgan fingerprint density at radius 3 is 2.71 bits per heavy atom. The molecule has 17 heavy (non-hydrogen) atoms. The molecule has 1 aromatic carbocycles. The number of aliphatic hydroxyl groups excluding tert-OH is 1. The van der Waals surface area contributed by atoms with E-state index in [1.54, 1.807) is 6.07 Å². The summed E-state index contributed by atoms with van der Waals surface area (Å²) >= 11 is 0. The first kappa shape index (κ1) is 13.3. The van der Waals surface area contributed by atoms with Crippen LogP contribution in [0.1, 0.15) is 31.2 Å². The summed E-state index contributed by atoms with van der Waals surface area (Å²) in [6, 6.07) is 7.47. The number of nitrogens with one attached hydrogen (secondary N) is 1. The molecule has 0 fully saturated rings. The lowest BCUT2D eigenvalue weighted by Gasteiger charge is -2.09. The zero-order valence-electron chi connectivity index (χ0n) is 9.95. The summed E-state index contributed by atoms with van der Waals surface area (Å²) in [6.07, 6.45) is 4.04. The fraction of sp³-hybridized carbons (Fsp3) is 0.462. The van der Waals surface area contributed by atoms with E-state index in [0.29, 0.717) is 11.3 Å². The van der Waals surface area contributed by atoms with Gasteiger partial charge in [-0.05, 0) is 25.0 Å². The standard InChI is InChI=1S/C13H19N3O/c14-10-11-6-5-7-12(13(11)15)16-8-3-1-2-4-9-17/h5-7,16-17H,1-4,8-9,15H2. The number of rotatable bonds is 7. The molecule has 0 aromatic heterocycles. The lowest BCUT2D eigenvalue weighted by Crippen LogP contribution is -2.05. The Labute approximate surface area is 102 Å². The summed E-state index contributed by atoms with van der Waals surface area (Å²) in [5, 5.41) is 20.7. The number of nitrogens with two attached hydrogens (primary N) is 1. The molecule has 0 atom stereocenters. The summed E-state index contributed by atoms with van der Waals surface area (Å²) in [5.41, 5.74) is 7.69. The molecule has 1 aromatic rings. The van der Waals surface area contributed by atoms with Crippen LogP contribution in [0.3, 0.4) is 0 Å². The minimum atomic E-state index is 0.268. The number of aliphatic hydroxyl groups is 1. The van der Waals surface area contributed by atoms with Crippen molar-refractivity contribution in [2.24, 2.45) is 0 Å². The monoisotopic (exact) mass is 233 g/mol. The van der Waals surface area contributed by atoms with Gasteiger partial charge in [-0.3, -0.25) is 0 Å². The maximum Gasteiger partial charge on any atom is 0.101 e. The van der Waals surface area contributed by atoms with Crippen molar-refractivity contribution in [3.05, 3.63) is 23.8 Å². The summed E-state index contributed by atoms with van der Waals surface area (Å²) in [6.45, 7) is 1.11. The Hall–Kier alpha value is -1.73. The molecule has 0 heterocycles. The minimum Gasteiger partial charge on any atom is -0.396 e. The average molecular weight is 233 g/mol. The van der Waals surface area contributed by atoms with E-state index in [1.807, 2.05) is 12.1 Å². The molecule has 4 N–H and O–H groups in total. The Kier molecular flexibility index (Phi) is 5.91. The third-order valence-electron chi connectivity index (χ3n) is 2.63. The smallest absolute Gasteiger partial charge is 0.101 e. The van der Waals surface area contributed by atoms with Crippen molar-refractivity contribution in [3.63, 3.8) is 0 Å². The Morgan fingerprint density at radius 1 is 1.24 bits per heavy atom. The van der Waals surface area contributed by atoms with Crippen molar-refractivity contribution in [2.75, 3.05) is 24.2 Å². The number of hydrogen-bond acceptors (Lipinski definition) is 4. The highest BCUT2D eigenvalue weighted by Gasteiger charge is 2.02. The highest BCUT2D eigenvalue weighted by atomic mass is 16.2. The SMILES string of the molecule is N#Cc1cccc(NCCCCCCO)c1N. The van der Waals surface area contributed by atoms with Gasteiger partial charge in [-0.1, -0.05) is 18.9 Å². The fourth-order valence-corrected chi connectivity index (χ4v) is 1.63. The van der Waals surface area contributed by atoms with Crippen LogP contribution >= 0.6 is 0 Å². The average Bonchev–Trinajstić information content (AvgIpc) is 2.35. The van der Waals surface area contributed by atoms with Gasteiger partial charge in [-0.15, -0.1) is 0 Å². The Balaban J connectivity index is 2.35. The highest BCUT2D eigenvalue weighted by Crippen LogP contribution is 2.21. The van der Waals surface area contributed by atoms with Gasteiger partial charge >= 0.3 is 0 Å². The second kappa shape index (κ2) is 7.53. The van der Waals surface area contributed by atoms with E-state index in [4.69, 9.17) is 16.1 Å². The summed E-state index contributed by atoms with van der Waals surface area (Å²) in [5.74, 6) is 0. The molecule has 0 unspecified atom stereocenters. The number of anilines is 2. The van der Waals surface area contributed by atoms with E-state index < -0.39 is 0 Å². The number of benzene rings is 1. The van der Waals surface area contributed by atoms with Gasteiger partial charge in [-0.2, -0.15) is 5.26 Å². The largest absolute Gasteiger partial charge is 0.396 e. The van der Waals surface area contributed by atoms with Gasteiger partial charge in [0.15, 0.2) is 0 Å². The van der Waals surface area contributed by atoms with Gasteiger partial charge in [0, 0.05) is 13.2 Å². The first-order valence-electron chi connectivity index (χ1n) is 5.93. The van der Waals surface area contributed by atoms with E-state index in [-0.39, 0.29) is 6.61 Å².